The minimum absolute atomic E-state index is 0.487. The molecule has 0 aliphatic carbocycles. The number of nitrogens with one attached hydrogen (secondary N) is 1. The van der Waals surface area contributed by atoms with Crippen LogP contribution >= 0.6 is 35.3 Å². The smallest absolute Gasteiger partial charge is 0.0852 e. The van der Waals surface area contributed by atoms with Crippen LogP contribution in [-0.2, 0) is 0 Å². The maximum Gasteiger partial charge on any atom is 0.0852 e. The number of β-amino-alcohol motifs (C(OH)–C–C–N with tert-alkyl or cyclic N) is 1. The Morgan fingerprint density at radius 3 is 2.15 bits per heavy atom. The van der Waals surface area contributed by atoms with E-state index in [0.29, 0.717) is 13.1 Å². The first kappa shape index (κ1) is 18.7. The lowest BCUT2D eigenvalue weighted by molar-refractivity contribution is 0.187. The average Bonchev–Trinajstić information content (AvgIpc) is 2.69. The number of rotatable bonds is 6. The molecular weight excluding hydrogens is 396 g/mol. The molecule has 1 unspecified atom stereocenters. The highest BCUT2D eigenvalue weighted by Crippen LogP contribution is 2.47. The molecule has 6 heteroatoms. The van der Waals surface area contributed by atoms with Crippen LogP contribution < -0.4 is 9.62 Å². The Bertz CT molecular complexity index is 875. The van der Waals surface area contributed by atoms with Gasteiger partial charge in [0.05, 0.1) is 24.0 Å². The van der Waals surface area contributed by atoms with Gasteiger partial charge >= 0.3 is 0 Å². The van der Waals surface area contributed by atoms with Crippen LogP contribution in [0, 0.1) is 0 Å². The summed E-state index contributed by atoms with van der Waals surface area (Å²) in [5.41, 5.74) is 2.29. The Morgan fingerprint density at radius 2 is 1.52 bits per heavy atom. The third-order valence-corrected chi connectivity index (χ3v) is 6.45. The molecule has 4 rings (SSSR count). The molecule has 0 aromatic heterocycles. The van der Waals surface area contributed by atoms with E-state index in [4.69, 9.17) is 11.6 Å². The number of aliphatic hydroxyl groups is 1. The van der Waals surface area contributed by atoms with Gasteiger partial charge in [0.15, 0.2) is 0 Å². The van der Waals surface area contributed by atoms with Crippen LogP contribution in [0.1, 0.15) is 0 Å². The molecule has 1 aliphatic rings. The van der Waals surface area contributed by atoms with Gasteiger partial charge in [-0.1, -0.05) is 47.6 Å². The first-order valence-electron chi connectivity index (χ1n) is 8.67. The summed E-state index contributed by atoms with van der Waals surface area (Å²) >= 11 is 9.19. The molecule has 0 spiro atoms. The van der Waals surface area contributed by atoms with Gasteiger partial charge in [-0.05, 0) is 60.5 Å². The van der Waals surface area contributed by atoms with Gasteiger partial charge in [0, 0.05) is 26.3 Å². The van der Waals surface area contributed by atoms with Gasteiger partial charge in [-0.25, -0.2) is 0 Å². The van der Waals surface area contributed by atoms with Crippen LogP contribution in [0.15, 0.2) is 87.5 Å². The molecule has 27 heavy (non-hydrogen) atoms. The SMILES string of the molecule is OC(CNSc1ccc(Cl)cc1)CN1c2ccccc2Sc2ccccc21. The zero-order valence-corrected chi connectivity index (χ0v) is 16.9. The third kappa shape index (κ3) is 4.45. The minimum Gasteiger partial charge on any atom is -0.390 e. The molecule has 3 aromatic rings. The normalized spacial score (nSPS) is 13.8. The van der Waals surface area contributed by atoms with Gasteiger partial charge in [-0.2, -0.15) is 0 Å². The summed E-state index contributed by atoms with van der Waals surface area (Å²) in [5.74, 6) is 0. The minimum atomic E-state index is -0.506. The fourth-order valence-corrected chi connectivity index (χ4v) is 4.91. The van der Waals surface area contributed by atoms with Crippen molar-refractivity contribution in [1.29, 1.82) is 0 Å². The monoisotopic (exact) mass is 414 g/mol. The van der Waals surface area contributed by atoms with Crippen molar-refractivity contribution in [3.05, 3.63) is 77.8 Å². The molecule has 1 atom stereocenters. The van der Waals surface area contributed by atoms with Gasteiger partial charge in [0.25, 0.3) is 0 Å². The molecule has 2 N–H and O–H groups in total. The highest BCUT2D eigenvalue weighted by Gasteiger charge is 2.24. The average molecular weight is 415 g/mol. The topological polar surface area (TPSA) is 35.5 Å². The molecule has 3 nitrogen and oxygen atoms in total. The molecule has 0 fully saturated rings. The summed E-state index contributed by atoms with van der Waals surface area (Å²) < 4.78 is 3.25. The van der Waals surface area contributed by atoms with E-state index < -0.39 is 6.10 Å². The summed E-state index contributed by atoms with van der Waals surface area (Å²) in [6.07, 6.45) is -0.506. The van der Waals surface area contributed by atoms with E-state index >= 15 is 0 Å². The van der Waals surface area contributed by atoms with E-state index in [0.717, 1.165) is 21.3 Å². The lowest BCUT2D eigenvalue weighted by Gasteiger charge is -2.34. The molecule has 0 saturated heterocycles. The van der Waals surface area contributed by atoms with Crippen LogP contribution in [0.25, 0.3) is 0 Å². The lowest BCUT2D eigenvalue weighted by atomic mass is 10.2. The van der Waals surface area contributed by atoms with Crippen molar-refractivity contribution in [3.63, 3.8) is 0 Å². The van der Waals surface area contributed by atoms with Crippen molar-refractivity contribution in [2.75, 3.05) is 18.0 Å². The fourth-order valence-electron chi connectivity index (χ4n) is 2.98. The number of nitrogens with zero attached hydrogens (tertiary/aromatic N) is 1. The van der Waals surface area contributed by atoms with E-state index in [9.17, 15) is 5.11 Å². The molecule has 0 amide bonds. The molecule has 1 heterocycles. The number of benzene rings is 3. The van der Waals surface area contributed by atoms with Crippen molar-refractivity contribution in [3.8, 4) is 0 Å². The van der Waals surface area contributed by atoms with E-state index in [1.165, 1.54) is 21.7 Å². The number of fused-ring (bicyclic) bond motifs is 2. The van der Waals surface area contributed by atoms with Crippen molar-refractivity contribution in [2.45, 2.75) is 20.8 Å². The van der Waals surface area contributed by atoms with Gasteiger partial charge in [0.1, 0.15) is 0 Å². The predicted molar refractivity (Wildman–Crippen MR) is 115 cm³/mol. The van der Waals surface area contributed by atoms with Crippen molar-refractivity contribution in [2.24, 2.45) is 0 Å². The zero-order chi connectivity index (χ0) is 18.6. The lowest BCUT2D eigenvalue weighted by Crippen LogP contribution is -2.35. The maximum atomic E-state index is 10.6. The molecular formula is C21H19ClN2OS2. The van der Waals surface area contributed by atoms with Gasteiger partial charge in [-0.15, -0.1) is 0 Å². The molecule has 1 aliphatic heterocycles. The van der Waals surface area contributed by atoms with E-state index in [1.54, 1.807) is 11.8 Å². The van der Waals surface area contributed by atoms with Crippen LogP contribution in [0.4, 0.5) is 11.4 Å². The highest BCUT2D eigenvalue weighted by atomic mass is 35.5. The molecule has 0 bridgehead atoms. The Kier molecular flexibility index (Phi) is 5.95. The molecule has 3 aromatic carbocycles. The number of halogens is 1. The standard InChI is InChI=1S/C21H19ClN2OS2/c22-15-9-11-17(12-10-15)27-23-13-16(25)14-24-18-5-1-3-7-20(18)26-21-8-4-2-6-19(21)24/h1-12,16,23,25H,13-14H2. The summed E-state index contributed by atoms with van der Waals surface area (Å²) in [6.45, 7) is 1.02. The van der Waals surface area contributed by atoms with Gasteiger partial charge in [0.2, 0.25) is 0 Å². The third-order valence-electron chi connectivity index (χ3n) is 4.25. The molecule has 138 valence electrons. The van der Waals surface area contributed by atoms with Crippen molar-refractivity contribution >= 4 is 46.7 Å². The number of anilines is 2. The maximum absolute atomic E-state index is 10.6. The highest BCUT2D eigenvalue weighted by molar-refractivity contribution is 7.99. The zero-order valence-electron chi connectivity index (χ0n) is 14.5. The van der Waals surface area contributed by atoms with E-state index in [-0.39, 0.29) is 0 Å². The summed E-state index contributed by atoms with van der Waals surface area (Å²) in [6, 6.07) is 24.3. The second-order valence-corrected chi connectivity index (χ2v) is 8.69. The summed E-state index contributed by atoms with van der Waals surface area (Å²) in [4.78, 5) is 5.70. The summed E-state index contributed by atoms with van der Waals surface area (Å²) in [5, 5.41) is 11.4. The number of aliphatic hydroxyl groups excluding tert-OH is 1. The predicted octanol–water partition coefficient (Wildman–Crippen LogP) is 5.60. The number of hydrogen-bond donors (Lipinski definition) is 2. The second kappa shape index (κ2) is 8.59. The first-order valence-corrected chi connectivity index (χ1v) is 10.7. The molecule has 0 radical (unpaired) electrons. The largest absolute Gasteiger partial charge is 0.390 e. The van der Waals surface area contributed by atoms with Crippen LogP contribution in [-0.4, -0.2) is 24.3 Å². The Morgan fingerprint density at radius 1 is 0.926 bits per heavy atom. The first-order chi connectivity index (χ1) is 13.2. The van der Waals surface area contributed by atoms with Crippen LogP contribution in [0.3, 0.4) is 0 Å². The number of para-hydroxylation sites is 2. The van der Waals surface area contributed by atoms with E-state index in [2.05, 4.69) is 46.0 Å². The second-order valence-electron chi connectivity index (χ2n) is 6.21. The Balaban J connectivity index is 1.43. The van der Waals surface area contributed by atoms with E-state index in [1.807, 2.05) is 36.4 Å². The van der Waals surface area contributed by atoms with Crippen LogP contribution in [0.5, 0.6) is 0 Å². The quantitative estimate of drug-likeness (QED) is 0.513. The van der Waals surface area contributed by atoms with Crippen LogP contribution in [0.2, 0.25) is 5.02 Å². The number of hydrogen-bond acceptors (Lipinski definition) is 5. The Labute approximate surface area is 172 Å². The van der Waals surface area contributed by atoms with Crippen molar-refractivity contribution in [1.82, 2.24) is 4.72 Å². The Hall–Kier alpha value is -1.63. The molecule has 0 saturated carbocycles. The van der Waals surface area contributed by atoms with Gasteiger partial charge in [-0.3, -0.25) is 4.72 Å². The fraction of sp³-hybridized carbons (Fsp3) is 0.143. The van der Waals surface area contributed by atoms with Gasteiger partial charge < -0.3 is 10.0 Å². The summed E-state index contributed by atoms with van der Waals surface area (Å²) in [7, 11) is 0. The van der Waals surface area contributed by atoms with Crippen molar-refractivity contribution < 1.29 is 5.11 Å².